The van der Waals surface area contributed by atoms with E-state index in [-0.39, 0.29) is 0 Å². The van der Waals surface area contributed by atoms with Gasteiger partial charge in [0.15, 0.2) is 0 Å². The van der Waals surface area contributed by atoms with Crippen LogP contribution in [-0.4, -0.2) is 25.3 Å². The predicted molar refractivity (Wildman–Crippen MR) is 60.6 cm³/mol. The molecule has 0 radical (unpaired) electrons. The zero-order chi connectivity index (χ0) is 10.2. The lowest BCUT2D eigenvalue weighted by Gasteiger charge is -2.16. The van der Waals surface area contributed by atoms with E-state index in [1.54, 1.807) is 0 Å². The van der Waals surface area contributed by atoms with E-state index in [4.69, 9.17) is 4.74 Å². The van der Waals surface area contributed by atoms with Crippen molar-refractivity contribution in [2.24, 2.45) is 0 Å². The minimum Gasteiger partial charge on any atom is -0.377 e. The van der Waals surface area contributed by atoms with Crippen LogP contribution in [0.2, 0.25) is 0 Å². The lowest BCUT2D eigenvalue weighted by atomic mass is 10.1. The van der Waals surface area contributed by atoms with Gasteiger partial charge in [-0.2, -0.15) is 0 Å². The number of unbranched alkanes of at least 4 members (excludes halogenated alkanes) is 2. The standard InChI is InChI=1S/C12H25NO/c1-3-4-5-7-11(2)13-10-12-8-6-9-14-12/h11-13H,3-10H2,1-2H3/t11-,12-/m0/s1. The van der Waals surface area contributed by atoms with E-state index in [2.05, 4.69) is 19.2 Å². The lowest BCUT2D eigenvalue weighted by Crippen LogP contribution is -2.33. The Bertz CT molecular complexity index is 132. The quantitative estimate of drug-likeness (QED) is 0.637. The van der Waals surface area contributed by atoms with Crippen molar-refractivity contribution >= 4 is 0 Å². The average molecular weight is 199 g/mol. The van der Waals surface area contributed by atoms with Crippen molar-refractivity contribution in [3.8, 4) is 0 Å². The van der Waals surface area contributed by atoms with E-state index in [0.717, 1.165) is 13.2 Å². The minimum atomic E-state index is 0.489. The highest BCUT2D eigenvalue weighted by molar-refractivity contribution is 4.70. The van der Waals surface area contributed by atoms with Gasteiger partial charge in [-0.05, 0) is 26.2 Å². The summed E-state index contributed by atoms with van der Waals surface area (Å²) in [5.74, 6) is 0. The summed E-state index contributed by atoms with van der Waals surface area (Å²) in [6, 6.07) is 0.658. The van der Waals surface area contributed by atoms with Gasteiger partial charge in [-0.3, -0.25) is 0 Å². The van der Waals surface area contributed by atoms with Gasteiger partial charge in [0.2, 0.25) is 0 Å². The Morgan fingerprint density at radius 3 is 2.93 bits per heavy atom. The molecule has 1 saturated heterocycles. The van der Waals surface area contributed by atoms with Crippen LogP contribution in [-0.2, 0) is 4.74 Å². The van der Waals surface area contributed by atoms with Crippen LogP contribution in [0.4, 0.5) is 0 Å². The zero-order valence-corrected chi connectivity index (χ0v) is 9.72. The Morgan fingerprint density at radius 2 is 2.29 bits per heavy atom. The third kappa shape index (κ3) is 4.97. The highest BCUT2D eigenvalue weighted by Gasteiger charge is 2.15. The zero-order valence-electron chi connectivity index (χ0n) is 9.72. The van der Waals surface area contributed by atoms with Gasteiger partial charge < -0.3 is 10.1 Å². The van der Waals surface area contributed by atoms with Gasteiger partial charge in [-0.25, -0.2) is 0 Å². The number of hydrogen-bond donors (Lipinski definition) is 1. The van der Waals surface area contributed by atoms with E-state index in [1.165, 1.54) is 38.5 Å². The molecule has 0 amide bonds. The average Bonchev–Trinajstić information content (AvgIpc) is 2.68. The normalized spacial score (nSPS) is 24.0. The molecule has 1 N–H and O–H groups in total. The fraction of sp³-hybridized carbons (Fsp3) is 1.00. The first kappa shape index (κ1) is 12.0. The van der Waals surface area contributed by atoms with Crippen molar-refractivity contribution in [2.45, 2.75) is 64.5 Å². The van der Waals surface area contributed by atoms with Crippen LogP contribution in [0.25, 0.3) is 0 Å². The van der Waals surface area contributed by atoms with Crippen molar-refractivity contribution in [2.75, 3.05) is 13.2 Å². The van der Waals surface area contributed by atoms with E-state index < -0.39 is 0 Å². The molecular weight excluding hydrogens is 174 g/mol. The van der Waals surface area contributed by atoms with Gasteiger partial charge in [0.1, 0.15) is 0 Å². The van der Waals surface area contributed by atoms with Crippen LogP contribution < -0.4 is 5.32 Å². The predicted octanol–water partition coefficient (Wildman–Crippen LogP) is 2.72. The maximum atomic E-state index is 5.57. The highest BCUT2D eigenvalue weighted by Crippen LogP contribution is 2.11. The molecule has 1 fully saturated rings. The second kappa shape index (κ2) is 7.24. The molecule has 1 aliphatic heterocycles. The van der Waals surface area contributed by atoms with Gasteiger partial charge in [0.25, 0.3) is 0 Å². The molecule has 0 saturated carbocycles. The van der Waals surface area contributed by atoms with Gasteiger partial charge in [-0.1, -0.05) is 26.2 Å². The molecule has 1 aliphatic rings. The Morgan fingerprint density at radius 1 is 1.43 bits per heavy atom. The van der Waals surface area contributed by atoms with Gasteiger partial charge >= 0.3 is 0 Å². The topological polar surface area (TPSA) is 21.3 Å². The van der Waals surface area contributed by atoms with Crippen LogP contribution in [0, 0.1) is 0 Å². The Kier molecular flexibility index (Phi) is 6.20. The molecule has 1 rings (SSSR count). The van der Waals surface area contributed by atoms with Crippen LogP contribution in [0.3, 0.4) is 0 Å². The van der Waals surface area contributed by atoms with E-state index in [9.17, 15) is 0 Å². The van der Waals surface area contributed by atoms with Crippen molar-refractivity contribution in [3.63, 3.8) is 0 Å². The number of ether oxygens (including phenoxy) is 1. The number of hydrogen-bond acceptors (Lipinski definition) is 2. The summed E-state index contributed by atoms with van der Waals surface area (Å²) >= 11 is 0. The molecule has 2 atom stereocenters. The summed E-state index contributed by atoms with van der Waals surface area (Å²) in [5.41, 5.74) is 0. The maximum Gasteiger partial charge on any atom is 0.0700 e. The van der Waals surface area contributed by atoms with Crippen LogP contribution in [0.1, 0.15) is 52.4 Å². The third-order valence-corrected chi connectivity index (χ3v) is 2.96. The van der Waals surface area contributed by atoms with Crippen LogP contribution in [0.5, 0.6) is 0 Å². The third-order valence-electron chi connectivity index (χ3n) is 2.96. The maximum absolute atomic E-state index is 5.57. The fourth-order valence-electron chi connectivity index (χ4n) is 1.94. The fourth-order valence-corrected chi connectivity index (χ4v) is 1.94. The number of nitrogens with one attached hydrogen (secondary N) is 1. The first-order valence-electron chi connectivity index (χ1n) is 6.18. The molecule has 0 spiro atoms. The summed E-state index contributed by atoms with van der Waals surface area (Å²) in [7, 11) is 0. The van der Waals surface area contributed by atoms with Crippen molar-refractivity contribution in [3.05, 3.63) is 0 Å². The van der Waals surface area contributed by atoms with E-state index in [0.29, 0.717) is 12.1 Å². The lowest BCUT2D eigenvalue weighted by molar-refractivity contribution is 0.107. The monoisotopic (exact) mass is 199 g/mol. The van der Waals surface area contributed by atoms with Gasteiger partial charge in [-0.15, -0.1) is 0 Å². The number of rotatable bonds is 7. The van der Waals surface area contributed by atoms with Gasteiger partial charge in [0, 0.05) is 19.2 Å². The molecule has 0 unspecified atom stereocenters. The Labute approximate surface area is 88.4 Å². The van der Waals surface area contributed by atoms with E-state index >= 15 is 0 Å². The largest absolute Gasteiger partial charge is 0.377 e. The molecule has 2 heteroatoms. The smallest absolute Gasteiger partial charge is 0.0700 e. The first-order valence-corrected chi connectivity index (χ1v) is 6.18. The van der Waals surface area contributed by atoms with Crippen LogP contribution in [0.15, 0.2) is 0 Å². The molecule has 0 bridgehead atoms. The van der Waals surface area contributed by atoms with Crippen molar-refractivity contribution in [1.82, 2.24) is 5.32 Å². The molecular formula is C12H25NO. The van der Waals surface area contributed by atoms with Crippen molar-refractivity contribution < 1.29 is 4.74 Å². The molecule has 0 aliphatic carbocycles. The van der Waals surface area contributed by atoms with Gasteiger partial charge in [0.05, 0.1) is 6.10 Å². The molecule has 0 aromatic carbocycles. The summed E-state index contributed by atoms with van der Waals surface area (Å²) in [5, 5.41) is 3.56. The second-order valence-electron chi connectivity index (χ2n) is 4.44. The molecule has 2 nitrogen and oxygen atoms in total. The molecule has 84 valence electrons. The summed E-state index contributed by atoms with van der Waals surface area (Å²) in [4.78, 5) is 0. The molecule has 1 heterocycles. The highest BCUT2D eigenvalue weighted by atomic mass is 16.5. The minimum absolute atomic E-state index is 0.489. The first-order chi connectivity index (χ1) is 6.83. The summed E-state index contributed by atoms with van der Waals surface area (Å²) in [6.45, 7) is 6.55. The van der Waals surface area contributed by atoms with Crippen molar-refractivity contribution in [1.29, 1.82) is 0 Å². The molecule has 0 aromatic rings. The molecule has 0 aromatic heterocycles. The summed E-state index contributed by atoms with van der Waals surface area (Å²) in [6.07, 6.45) is 8.33. The Balaban J connectivity index is 1.93. The SMILES string of the molecule is CCCCC[C@H](C)NC[C@@H]1CCCO1. The summed E-state index contributed by atoms with van der Waals surface area (Å²) < 4.78 is 5.57. The Hall–Kier alpha value is -0.0800. The van der Waals surface area contributed by atoms with E-state index in [1.807, 2.05) is 0 Å². The second-order valence-corrected chi connectivity index (χ2v) is 4.44. The molecule has 14 heavy (non-hydrogen) atoms. The van der Waals surface area contributed by atoms with Crippen LogP contribution >= 0.6 is 0 Å².